The van der Waals surface area contributed by atoms with Crippen molar-refractivity contribution >= 4 is 0 Å². The first-order valence-electron chi connectivity index (χ1n) is 2.71. The fourth-order valence-electron chi connectivity index (χ4n) is 0.501. The van der Waals surface area contributed by atoms with Gasteiger partial charge < -0.3 is 5.11 Å². The lowest BCUT2D eigenvalue weighted by atomic mass is 10.4. The van der Waals surface area contributed by atoms with Crippen LogP contribution in [0, 0.1) is 6.92 Å². The Morgan fingerprint density at radius 2 is 1.90 bits per heavy atom. The number of rotatable bonds is 1. The normalized spacial score (nSPS) is 8.60. The molecule has 0 amide bonds. The molecule has 1 aromatic rings. The Balaban J connectivity index is 0.000000810. The molecule has 10 heavy (non-hydrogen) atoms. The molecule has 1 heterocycles. The molecule has 0 spiro atoms. The van der Waals surface area contributed by atoms with Crippen molar-refractivity contribution in [3.05, 3.63) is 23.8 Å². The summed E-state index contributed by atoms with van der Waals surface area (Å²) in [5.41, 5.74) is 0.751. The van der Waals surface area contributed by atoms with Gasteiger partial charge in [-0.25, -0.2) is 9.97 Å². The summed E-state index contributed by atoms with van der Waals surface area (Å²) in [5.74, 6) is 0.729. The summed E-state index contributed by atoms with van der Waals surface area (Å²) in [4.78, 5) is 7.76. The van der Waals surface area contributed by atoms with Crippen LogP contribution in [0.2, 0.25) is 0 Å². The van der Waals surface area contributed by atoms with Gasteiger partial charge in [0.25, 0.3) is 0 Å². The minimum atomic E-state index is 0. The molecule has 0 aliphatic heterocycles. The van der Waals surface area contributed by atoms with Gasteiger partial charge in [0.05, 0.1) is 6.61 Å². The fraction of sp³-hybridized carbons (Fsp3) is 0.429. The summed E-state index contributed by atoms with van der Waals surface area (Å²) in [6.45, 7) is 1.82. The third kappa shape index (κ3) is 2.11. The van der Waals surface area contributed by atoms with Crippen LogP contribution in [0.3, 0.4) is 0 Å². The largest absolute Gasteiger partial charge is 0.392 e. The van der Waals surface area contributed by atoms with E-state index >= 15 is 0 Å². The Hall–Kier alpha value is -0.960. The molecule has 0 atom stereocenters. The van der Waals surface area contributed by atoms with Crippen molar-refractivity contribution in [3.63, 3.8) is 0 Å². The monoisotopic (exact) mass is 140 g/mol. The molecule has 0 aromatic carbocycles. The Bertz CT molecular complexity index is 183. The zero-order valence-corrected chi connectivity index (χ0v) is 5.20. The number of aliphatic hydroxyl groups excluding tert-OH is 1. The molecule has 56 valence electrons. The number of hydrogen-bond acceptors (Lipinski definition) is 3. The smallest absolute Gasteiger partial charge is 0.125 e. The van der Waals surface area contributed by atoms with Crippen molar-refractivity contribution in [2.75, 3.05) is 0 Å². The van der Waals surface area contributed by atoms with E-state index in [-0.39, 0.29) is 14.0 Å². The van der Waals surface area contributed by atoms with Crippen LogP contribution >= 0.6 is 0 Å². The topological polar surface area (TPSA) is 46.0 Å². The van der Waals surface area contributed by atoms with Gasteiger partial charge in [-0.3, -0.25) is 0 Å². The average molecular weight is 140 g/mol. The third-order valence-corrected chi connectivity index (χ3v) is 1.02. The van der Waals surface area contributed by atoms with E-state index in [1.54, 1.807) is 19.3 Å². The van der Waals surface area contributed by atoms with Crippen molar-refractivity contribution in [2.45, 2.75) is 21.0 Å². The standard InChI is InChI=1S/C6H8N2O.CH4/c1-5-7-2-6(4-9)3-8-5;/h2-3,9H,4H2,1H3;1H4. The Morgan fingerprint density at radius 1 is 1.40 bits per heavy atom. The van der Waals surface area contributed by atoms with E-state index in [1.165, 1.54) is 0 Å². The molecule has 3 heteroatoms. The Labute approximate surface area is 60.8 Å². The lowest BCUT2D eigenvalue weighted by Crippen LogP contribution is -1.89. The molecule has 1 aromatic heterocycles. The highest BCUT2D eigenvalue weighted by Gasteiger charge is 1.88. The van der Waals surface area contributed by atoms with E-state index in [1.807, 2.05) is 0 Å². The molecule has 1 rings (SSSR count). The molecule has 0 bridgehead atoms. The van der Waals surface area contributed by atoms with Crippen LogP contribution in [-0.4, -0.2) is 15.1 Å². The van der Waals surface area contributed by atoms with E-state index in [0.717, 1.165) is 11.4 Å². The molecule has 0 unspecified atom stereocenters. The van der Waals surface area contributed by atoms with Crippen LogP contribution in [-0.2, 0) is 6.61 Å². The minimum Gasteiger partial charge on any atom is -0.392 e. The van der Waals surface area contributed by atoms with Crippen molar-refractivity contribution in [2.24, 2.45) is 0 Å². The number of hydrogen-bond donors (Lipinski definition) is 1. The maximum absolute atomic E-state index is 8.55. The fourth-order valence-corrected chi connectivity index (χ4v) is 0.501. The zero-order chi connectivity index (χ0) is 6.69. The SMILES string of the molecule is C.Cc1ncc(CO)cn1. The second-order valence-electron chi connectivity index (χ2n) is 1.80. The van der Waals surface area contributed by atoms with Crippen molar-refractivity contribution < 1.29 is 5.11 Å². The maximum atomic E-state index is 8.55. The van der Waals surface area contributed by atoms with Crippen LogP contribution in [0.4, 0.5) is 0 Å². The Kier molecular flexibility index (Phi) is 3.57. The quantitative estimate of drug-likeness (QED) is 0.630. The van der Waals surface area contributed by atoms with Gasteiger partial charge >= 0.3 is 0 Å². The molecule has 0 aliphatic rings. The van der Waals surface area contributed by atoms with Gasteiger partial charge in [-0.1, -0.05) is 7.43 Å². The summed E-state index contributed by atoms with van der Waals surface area (Å²) in [5, 5.41) is 8.55. The highest BCUT2D eigenvalue weighted by atomic mass is 16.3. The van der Waals surface area contributed by atoms with Gasteiger partial charge in [-0.15, -0.1) is 0 Å². The highest BCUT2D eigenvalue weighted by molar-refractivity contribution is 5.02. The highest BCUT2D eigenvalue weighted by Crippen LogP contribution is 1.92. The number of nitrogens with zero attached hydrogens (tertiary/aromatic N) is 2. The number of aliphatic hydroxyl groups is 1. The number of aryl methyl sites for hydroxylation is 1. The van der Waals surface area contributed by atoms with Crippen molar-refractivity contribution in [3.8, 4) is 0 Å². The third-order valence-electron chi connectivity index (χ3n) is 1.02. The van der Waals surface area contributed by atoms with Crippen molar-refractivity contribution in [1.82, 2.24) is 9.97 Å². The first kappa shape index (κ1) is 9.04. The van der Waals surface area contributed by atoms with E-state index in [2.05, 4.69) is 9.97 Å². The van der Waals surface area contributed by atoms with E-state index < -0.39 is 0 Å². The van der Waals surface area contributed by atoms with Crippen LogP contribution in [0.1, 0.15) is 18.8 Å². The molecule has 0 saturated heterocycles. The summed E-state index contributed by atoms with van der Waals surface area (Å²) in [6, 6.07) is 0. The zero-order valence-electron chi connectivity index (χ0n) is 5.20. The van der Waals surface area contributed by atoms with Gasteiger partial charge in [-0.2, -0.15) is 0 Å². The Morgan fingerprint density at radius 3 is 2.30 bits per heavy atom. The predicted octanol–water partition coefficient (Wildman–Crippen LogP) is 0.913. The van der Waals surface area contributed by atoms with E-state index in [4.69, 9.17) is 5.11 Å². The molecule has 0 fully saturated rings. The summed E-state index contributed by atoms with van der Waals surface area (Å²) in [7, 11) is 0. The second-order valence-corrected chi connectivity index (χ2v) is 1.80. The van der Waals surface area contributed by atoms with Crippen molar-refractivity contribution in [1.29, 1.82) is 0 Å². The first-order chi connectivity index (χ1) is 4.33. The molecule has 3 nitrogen and oxygen atoms in total. The van der Waals surface area contributed by atoms with Crippen LogP contribution < -0.4 is 0 Å². The van der Waals surface area contributed by atoms with Gasteiger partial charge in [-0.05, 0) is 6.92 Å². The molecule has 1 N–H and O–H groups in total. The van der Waals surface area contributed by atoms with Gasteiger partial charge in [0.2, 0.25) is 0 Å². The molecular weight excluding hydrogens is 128 g/mol. The molecule has 0 radical (unpaired) electrons. The minimum absolute atomic E-state index is 0. The summed E-state index contributed by atoms with van der Waals surface area (Å²) >= 11 is 0. The number of aromatic nitrogens is 2. The second kappa shape index (κ2) is 3.95. The summed E-state index contributed by atoms with van der Waals surface area (Å²) < 4.78 is 0. The van der Waals surface area contributed by atoms with Crippen LogP contribution in [0.5, 0.6) is 0 Å². The lowest BCUT2D eigenvalue weighted by molar-refractivity contribution is 0.281. The van der Waals surface area contributed by atoms with Gasteiger partial charge in [0.15, 0.2) is 0 Å². The lowest BCUT2D eigenvalue weighted by Gasteiger charge is -1.92. The van der Waals surface area contributed by atoms with Crippen LogP contribution in [0.15, 0.2) is 12.4 Å². The average Bonchev–Trinajstić information content (AvgIpc) is 1.90. The summed E-state index contributed by atoms with van der Waals surface area (Å²) in [6.07, 6.45) is 3.23. The van der Waals surface area contributed by atoms with E-state index in [9.17, 15) is 0 Å². The molecule has 0 saturated carbocycles. The maximum Gasteiger partial charge on any atom is 0.125 e. The van der Waals surface area contributed by atoms with E-state index in [0.29, 0.717) is 0 Å². The van der Waals surface area contributed by atoms with Gasteiger partial charge in [0.1, 0.15) is 5.82 Å². The first-order valence-corrected chi connectivity index (χ1v) is 2.71. The molecular formula is C7H12N2O. The van der Waals surface area contributed by atoms with Crippen LogP contribution in [0.25, 0.3) is 0 Å². The molecule has 0 aliphatic carbocycles. The predicted molar refractivity (Wildman–Crippen MR) is 39.4 cm³/mol. The van der Waals surface area contributed by atoms with Gasteiger partial charge in [0, 0.05) is 18.0 Å².